The summed E-state index contributed by atoms with van der Waals surface area (Å²) in [7, 11) is 0. The van der Waals surface area contributed by atoms with Crippen molar-refractivity contribution in [2.24, 2.45) is 5.92 Å². The first-order valence-electron chi connectivity index (χ1n) is 7.85. The number of nitrogens with one attached hydrogen (secondary N) is 1. The van der Waals surface area contributed by atoms with Gasteiger partial charge in [0.05, 0.1) is 25.4 Å². The topological polar surface area (TPSA) is 50.8 Å². The van der Waals surface area contributed by atoms with Gasteiger partial charge in [0, 0.05) is 13.1 Å². The molecule has 0 saturated carbocycles. The minimum Gasteiger partial charge on any atom is -0.378 e. The van der Waals surface area contributed by atoms with Gasteiger partial charge in [0.2, 0.25) is 5.91 Å². The average Bonchev–Trinajstić information content (AvgIpc) is 2.43. The van der Waals surface area contributed by atoms with Crippen LogP contribution < -0.4 is 5.32 Å². The van der Waals surface area contributed by atoms with Gasteiger partial charge in [-0.3, -0.25) is 9.69 Å². The van der Waals surface area contributed by atoms with Crippen LogP contribution >= 0.6 is 0 Å². The summed E-state index contributed by atoms with van der Waals surface area (Å²) in [5.41, 5.74) is 0. The zero-order valence-electron chi connectivity index (χ0n) is 12.9. The second-order valence-corrected chi connectivity index (χ2v) is 6.06. The summed E-state index contributed by atoms with van der Waals surface area (Å²) in [4.78, 5) is 14.5. The van der Waals surface area contributed by atoms with E-state index in [0.717, 1.165) is 39.1 Å². The lowest BCUT2D eigenvalue weighted by Gasteiger charge is -2.35. The van der Waals surface area contributed by atoms with Crippen LogP contribution in [0.5, 0.6) is 0 Å². The molecule has 0 aromatic carbocycles. The highest BCUT2D eigenvalue weighted by atomic mass is 16.5. The maximum atomic E-state index is 12.3. The van der Waals surface area contributed by atoms with Crippen LogP contribution in [0.15, 0.2) is 0 Å². The van der Waals surface area contributed by atoms with Crippen molar-refractivity contribution in [1.29, 1.82) is 0 Å². The molecule has 5 nitrogen and oxygen atoms in total. The van der Waals surface area contributed by atoms with E-state index in [9.17, 15) is 4.79 Å². The van der Waals surface area contributed by atoms with E-state index in [0.29, 0.717) is 24.7 Å². The number of hydrogen-bond acceptors (Lipinski definition) is 4. The Labute approximate surface area is 122 Å². The van der Waals surface area contributed by atoms with E-state index in [2.05, 4.69) is 31.0 Å². The highest BCUT2D eigenvalue weighted by Crippen LogP contribution is 2.24. The summed E-state index contributed by atoms with van der Waals surface area (Å²) in [6.45, 7) is 10.1. The highest BCUT2D eigenvalue weighted by molar-refractivity contribution is 5.82. The van der Waals surface area contributed by atoms with Gasteiger partial charge in [-0.2, -0.15) is 0 Å². The number of likely N-dealkylation sites (N-methyl/N-ethyl adjacent to an activating group) is 1. The lowest BCUT2D eigenvalue weighted by atomic mass is 9.92. The molecule has 0 radical (unpaired) electrons. The molecule has 0 bridgehead atoms. The number of carbonyl (C=O) groups is 1. The van der Waals surface area contributed by atoms with E-state index >= 15 is 0 Å². The fourth-order valence-corrected chi connectivity index (χ4v) is 3.33. The number of morpholine rings is 1. The number of hydrogen-bond donors (Lipinski definition) is 1. The first-order valence-corrected chi connectivity index (χ1v) is 7.85. The van der Waals surface area contributed by atoms with Crippen LogP contribution in [0, 0.1) is 5.92 Å². The van der Waals surface area contributed by atoms with E-state index in [1.807, 2.05) is 0 Å². The molecule has 2 saturated heterocycles. The van der Waals surface area contributed by atoms with Crippen molar-refractivity contribution in [2.75, 3.05) is 32.8 Å². The van der Waals surface area contributed by atoms with Crippen molar-refractivity contribution < 1.29 is 14.3 Å². The molecular formula is C15H28N2O3. The largest absolute Gasteiger partial charge is 0.378 e. The molecule has 2 heterocycles. The molecule has 0 aromatic rings. The summed E-state index contributed by atoms with van der Waals surface area (Å²) < 4.78 is 11.2. The van der Waals surface area contributed by atoms with E-state index in [-0.39, 0.29) is 11.9 Å². The Morgan fingerprint density at radius 2 is 2.00 bits per heavy atom. The second kappa shape index (κ2) is 7.38. The van der Waals surface area contributed by atoms with E-state index in [1.165, 1.54) is 0 Å². The van der Waals surface area contributed by atoms with Gasteiger partial charge < -0.3 is 14.8 Å². The zero-order valence-corrected chi connectivity index (χ0v) is 12.9. The molecule has 116 valence electrons. The molecule has 1 amide bonds. The van der Waals surface area contributed by atoms with Crippen molar-refractivity contribution in [3.05, 3.63) is 0 Å². The first kappa shape index (κ1) is 15.7. The Kier molecular flexibility index (Phi) is 5.81. The van der Waals surface area contributed by atoms with Crippen LogP contribution in [0.2, 0.25) is 0 Å². The van der Waals surface area contributed by atoms with Gasteiger partial charge in [0.25, 0.3) is 0 Å². The Morgan fingerprint density at radius 1 is 1.30 bits per heavy atom. The molecule has 1 N–H and O–H groups in total. The minimum atomic E-state index is -0.122. The number of ether oxygens (including phenoxy) is 2. The summed E-state index contributed by atoms with van der Waals surface area (Å²) >= 11 is 0. The van der Waals surface area contributed by atoms with Gasteiger partial charge >= 0.3 is 0 Å². The van der Waals surface area contributed by atoms with E-state index in [1.54, 1.807) is 0 Å². The van der Waals surface area contributed by atoms with Crippen molar-refractivity contribution in [3.63, 3.8) is 0 Å². The predicted molar refractivity (Wildman–Crippen MR) is 77.6 cm³/mol. The molecule has 1 unspecified atom stereocenters. The fourth-order valence-electron chi connectivity index (χ4n) is 3.33. The average molecular weight is 284 g/mol. The molecule has 4 atom stereocenters. The maximum absolute atomic E-state index is 12.3. The van der Waals surface area contributed by atoms with Gasteiger partial charge in [-0.15, -0.1) is 0 Å². The lowest BCUT2D eigenvalue weighted by molar-refractivity contribution is -0.133. The highest BCUT2D eigenvalue weighted by Gasteiger charge is 2.30. The zero-order chi connectivity index (χ0) is 14.5. The van der Waals surface area contributed by atoms with Crippen LogP contribution in [0.4, 0.5) is 0 Å². The molecule has 0 aliphatic carbocycles. The van der Waals surface area contributed by atoms with Gasteiger partial charge in [-0.05, 0) is 39.2 Å². The third-order valence-electron chi connectivity index (χ3n) is 4.31. The Bertz CT molecular complexity index is 314. The third-order valence-corrected chi connectivity index (χ3v) is 4.31. The Hall–Kier alpha value is -0.650. The minimum absolute atomic E-state index is 0.110. The number of rotatable bonds is 4. The summed E-state index contributed by atoms with van der Waals surface area (Å²) in [6, 6.07) is -0.122. The molecule has 2 fully saturated rings. The lowest BCUT2D eigenvalue weighted by Crippen LogP contribution is -2.54. The normalized spacial score (nSPS) is 35.8. The van der Waals surface area contributed by atoms with Crippen molar-refractivity contribution >= 4 is 5.91 Å². The summed E-state index contributed by atoms with van der Waals surface area (Å²) in [6.07, 6.45) is 2.66. The van der Waals surface area contributed by atoms with Crippen molar-refractivity contribution in [3.8, 4) is 0 Å². The van der Waals surface area contributed by atoms with Gasteiger partial charge in [0.15, 0.2) is 0 Å². The molecule has 2 rings (SSSR count). The Morgan fingerprint density at radius 3 is 2.65 bits per heavy atom. The maximum Gasteiger partial charge on any atom is 0.239 e. The van der Waals surface area contributed by atoms with Crippen LogP contribution in [0.25, 0.3) is 0 Å². The van der Waals surface area contributed by atoms with E-state index < -0.39 is 0 Å². The molecular weight excluding hydrogens is 256 g/mol. The standard InChI is InChI=1S/C15H28N2O3/c1-4-17-5-6-19-10-14(17)15(18)16-9-13-7-11(2)20-12(3)8-13/h11-14H,4-10H2,1-3H3,(H,16,18)/t11-,12+,13?,14-/m0/s1. The van der Waals surface area contributed by atoms with Crippen LogP contribution in [0.3, 0.4) is 0 Å². The number of nitrogens with zero attached hydrogens (tertiary/aromatic N) is 1. The Balaban J connectivity index is 1.79. The SMILES string of the molecule is CCN1CCOC[C@H]1C(=O)NCC1C[C@@H](C)O[C@@H](C)C1. The quantitative estimate of drug-likeness (QED) is 0.837. The van der Waals surface area contributed by atoms with Gasteiger partial charge in [0.1, 0.15) is 6.04 Å². The van der Waals surface area contributed by atoms with Gasteiger partial charge in [-0.25, -0.2) is 0 Å². The van der Waals surface area contributed by atoms with Crippen LogP contribution in [0.1, 0.15) is 33.6 Å². The third kappa shape index (κ3) is 4.17. The number of amides is 1. The number of carbonyl (C=O) groups excluding carboxylic acids is 1. The molecule has 0 aromatic heterocycles. The monoisotopic (exact) mass is 284 g/mol. The smallest absolute Gasteiger partial charge is 0.239 e. The fraction of sp³-hybridized carbons (Fsp3) is 0.933. The summed E-state index contributed by atoms with van der Waals surface area (Å²) in [5, 5.41) is 3.11. The van der Waals surface area contributed by atoms with Crippen LogP contribution in [-0.4, -0.2) is 61.9 Å². The molecule has 2 aliphatic heterocycles. The van der Waals surface area contributed by atoms with Crippen LogP contribution in [-0.2, 0) is 14.3 Å². The van der Waals surface area contributed by atoms with Crippen molar-refractivity contribution in [1.82, 2.24) is 10.2 Å². The van der Waals surface area contributed by atoms with Gasteiger partial charge in [-0.1, -0.05) is 6.92 Å². The molecule has 2 aliphatic rings. The predicted octanol–water partition coefficient (Wildman–Crippen LogP) is 1.03. The first-order chi connectivity index (χ1) is 9.60. The summed E-state index contributed by atoms with van der Waals surface area (Å²) in [5.74, 6) is 0.635. The molecule has 5 heteroatoms. The molecule has 0 spiro atoms. The van der Waals surface area contributed by atoms with E-state index in [4.69, 9.17) is 9.47 Å². The van der Waals surface area contributed by atoms with Crippen molar-refractivity contribution in [2.45, 2.75) is 51.9 Å². The molecule has 20 heavy (non-hydrogen) atoms. The second-order valence-electron chi connectivity index (χ2n) is 6.06.